The number of ether oxygens (including phenoxy) is 1. The Morgan fingerprint density at radius 2 is 1.70 bits per heavy atom. The summed E-state index contributed by atoms with van der Waals surface area (Å²) in [7, 11) is 1.66. The van der Waals surface area contributed by atoms with Crippen LogP contribution in [0.15, 0.2) is 90.0 Å². The third-order valence-electron chi connectivity index (χ3n) is 7.29. The topological polar surface area (TPSA) is 148 Å². The Morgan fingerprint density at radius 3 is 2.39 bits per heavy atom. The van der Waals surface area contributed by atoms with Crippen LogP contribution in [0.4, 0.5) is 11.4 Å². The number of aromatic nitrogens is 2. The molecule has 238 valence electrons. The van der Waals surface area contributed by atoms with Gasteiger partial charge in [-0.2, -0.15) is 0 Å². The summed E-state index contributed by atoms with van der Waals surface area (Å²) in [6, 6.07) is 20.3. The predicted molar refractivity (Wildman–Crippen MR) is 176 cm³/mol. The molecule has 1 aliphatic heterocycles. The molecule has 4 aromatic rings. The summed E-state index contributed by atoms with van der Waals surface area (Å²) < 4.78 is 6.55. The molecule has 0 bridgehead atoms. The monoisotopic (exact) mass is 623 g/mol. The summed E-state index contributed by atoms with van der Waals surface area (Å²) in [4.78, 5) is 67.8. The average Bonchev–Trinajstić information content (AvgIpc) is 3.53. The summed E-state index contributed by atoms with van der Waals surface area (Å²) in [5.41, 5.74) is 2.74. The van der Waals surface area contributed by atoms with E-state index in [1.807, 2.05) is 44.2 Å². The van der Waals surface area contributed by atoms with E-state index in [9.17, 15) is 24.0 Å². The molecule has 2 amide bonds. The minimum absolute atomic E-state index is 0.0820. The van der Waals surface area contributed by atoms with Crippen molar-refractivity contribution in [3.05, 3.63) is 112 Å². The van der Waals surface area contributed by atoms with E-state index in [2.05, 4.69) is 20.9 Å². The lowest BCUT2D eigenvalue weighted by Crippen LogP contribution is -2.37. The summed E-state index contributed by atoms with van der Waals surface area (Å²) >= 11 is 0. The van der Waals surface area contributed by atoms with E-state index < -0.39 is 29.6 Å². The number of carbonyl (C=O) groups is 4. The molecular formula is C35H37N5O6. The van der Waals surface area contributed by atoms with Crippen molar-refractivity contribution < 1.29 is 23.9 Å². The van der Waals surface area contributed by atoms with Crippen LogP contribution in [0.3, 0.4) is 0 Å². The lowest BCUT2D eigenvalue weighted by atomic mass is 10.0. The zero-order valence-electron chi connectivity index (χ0n) is 26.2. The molecule has 11 heteroatoms. The van der Waals surface area contributed by atoms with E-state index >= 15 is 0 Å². The second kappa shape index (κ2) is 15.5. The van der Waals surface area contributed by atoms with Gasteiger partial charge in [-0.15, -0.1) is 0 Å². The number of likely N-dealkylation sites (N-methyl/N-ethyl adjacent to an activating group) is 1. The van der Waals surface area contributed by atoms with E-state index in [0.717, 1.165) is 5.56 Å². The number of hydrogen-bond acceptors (Lipinski definition) is 8. The standard InChI is InChI=1S/C33H31N5O6.C2H6/c1-20(34-2)31(41)37-26-11-12-27(22-7-4-3-5-8-22)38(33(26)43)19-21-15-24(18-35-17-21)30(40)23-9-6-10-25(16-23)36-32(42)28-13-14-29(39)44-28;1-2/h3-12,15-18,20,28,34H,13-14,19H2,1-2H3,(H,36,42)(H,37,41);1-2H3. The number of benzene rings is 2. The van der Waals surface area contributed by atoms with Crippen molar-refractivity contribution in [2.24, 2.45) is 0 Å². The van der Waals surface area contributed by atoms with Crippen molar-refractivity contribution in [2.75, 3.05) is 17.7 Å². The lowest BCUT2D eigenvalue weighted by molar-refractivity contribution is -0.146. The van der Waals surface area contributed by atoms with Gasteiger partial charge in [-0.25, -0.2) is 0 Å². The van der Waals surface area contributed by atoms with Crippen LogP contribution in [0.5, 0.6) is 0 Å². The smallest absolute Gasteiger partial charge is 0.306 e. The summed E-state index contributed by atoms with van der Waals surface area (Å²) in [5, 5.41) is 8.25. The van der Waals surface area contributed by atoms with Crippen molar-refractivity contribution in [1.82, 2.24) is 14.9 Å². The van der Waals surface area contributed by atoms with Crippen molar-refractivity contribution in [1.29, 1.82) is 0 Å². The van der Waals surface area contributed by atoms with E-state index in [1.54, 1.807) is 62.6 Å². The highest BCUT2D eigenvalue weighted by molar-refractivity contribution is 6.09. The Morgan fingerprint density at radius 1 is 0.935 bits per heavy atom. The van der Waals surface area contributed by atoms with Gasteiger partial charge in [0.05, 0.1) is 18.3 Å². The maximum absolute atomic E-state index is 13.7. The molecule has 0 spiro atoms. The van der Waals surface area contributed by atoms with Crippen molar-refractivity contribution >= 4 is 34.9 Å². The van der Waals surface area contributed by atoms with E-state index in [4.69, 9.17) is 4.74 Å². The molecule has 46 heavy (non-hydrogen) atoms. The van der Waals surface area contributed by atoms with Crippen molar-refractivity contribution in [3.8, 4) is 11.3 Å². The van der Waals surface area contributed by atoms with Crippen LogP contribution in [0.1, 0.15) is 55.1 Å². The predicted octanol–water partition coefficient (Wildman–Crippen LogP) is 4.41. The fourth-order valence-electron chi connectivity index (χ4n) is 4.78. The Kier molecular flexibility index (Phi) is 11.3. The molecule has 3 N–H and O–H groups in total. The van der Waals surface area contributed by atoms with E-state index in [1.165, 1.54) is 10.8 Å². The van der Waals surface area contributed by atoms with Crippen LogP contribution in [0.2, 0.25) is 0 Å². The zero-order chi connectivity index (χ0) is 33.2. The van der Waals surface area contributed by atoms with Gasteiger partial charge in [-0.05, 0) is 55.4 Å². The van der Waals surface area contributed by atoms with Crippen LogP contribution in [-0.2, 0) is 25.7 Å². The zero-order valence-corrected chi connectivity index (χ0v) is 26.2. The number of nitrogens with one attached hydrogen (secondary N) is 3. The number of hydrogen-bond donors (Lipinski definition) is 3. The van der Waals surface area contributed by atoms with Crippen molar-refractivity contribution in [3.63, 3.8) is 0 Å². The lowest BCUT2D eigenvalue weighted by Gasteiger charge is -2.17. The number of esters is 1. The highest BCUT2D eigenvalue weighted by Gasteiger charge is 2.30. The van der Waals surface area contributed by atoms with Gasteiger partial charge in [0.1, 0.15) is 5.69 Å². The minimum atomic E-state index is -0.856. The number of anilines is 2. The first-order chi connectivity index (χ1) is 22.2. The van der Waals surface area contributed by atoms with Gasteiger partial charge in [0.2, 0.25) is 5.91 Å². The van der Waals surface area contributed by atoms with Gasteiger partial charge >= 0.3 is 5.97 Å². The molecule has 0 radical (unpaired) electrons. The fourth-order valence-corrected chi connectivity index (χ4v) is 4.78. The third-order valence-corrected chi connectivity index (χ3v) is 7.29. The molecule has 1 saturated heterocycles. The van der Waals surface area contributed by atoms with Gasteiger partial charge in [-0.1, -0.05) is 56.3 Å². The molecule has 0 saturated carbocycles. The van der Waals surface area contributed by atoms with Gasteiger partial charge in [0.25, 0.3) is 11.5 Å². The number of nitrogens with zero attached hydrogens (tertiary/aromatic N) is 2. The molecule has 2 aromatic carbocycles. The quantitative estimate of drug-likeness (QED) is 0.174. The highest BCUT2D eigenvalue weighted by Crippen LogP contribution is 2.22. The van der Waals surface area contributed by atoms with Gasteiger partial charge in [0.15, 0.2) is 11.9 Å². The first kappa shape index (κ1) is 33.5. The minimum Gasteiger partial charge on any atom is -0.452 e. The molecular weight excluding hydrogens is 586 g/mol. The van der Waals surface area contributed by atoms with Crippen LogP contribution in [0, 0.1) is 0 Å². The van der Waals surface area contributed by atoms with Gasteiger partial charge in [-0.3, -0.25) is 29.0 Å². The second-order valence-corrected chi connectivity index (χ2v) is 10.4. The van der Waals surface area contributed by atoms with Crippen LogP contribution < -0.4 is 21.5 Å². The number of cyclic esters (lactones) is 1. The highest BCUT2D eigenvalue weighted by atomic mass is 16.6. The van der Waals surface area contributed by atoms with E-state index in [0.29, 0.717) is 28.9 Å². The molecule has 5 rings (SSSR count). The van der Waals surface area contributed by atoms with Crippen LogP contribution in [-0.4, -0.2) is 52.3 Å². The number of ketones is 1. The average molecular weight is 624 g/mol. The first-order valence-electron chi connectivity index (χ1n) is 15.1. The van der Waals surface area contributed by atoms with Crippen LogP contribution >= 0.6 is 0 Å². The van der Waals surface area contributed by atoms with Gasteiger partial charge in [0, 0.05) is 42.0 Å². The maximum Gasteiger partial charge on any atom is 0.306 e. The number of pyridine rings is 2. The van der Waals surface area contributed by atoms with Gasteiger partial charge < -0.3 is 25.3 Å². The number of amides is 2. The molecule has 3 heterocycles. The summed E-state index contributed by atoms with van der Waals surface area (Å²) in [5.74, 6) is -1.55. The molecule has 2 unspecified atom stereocenters. The molecule has 2 aromatic heterocycles. The van der Waals surface area contributed by atoms with E-state index in [-0.39, 0.29) is 35.9 Å². The molecule has 1 aliphatic rings. The Balaban J connectivity index is 0.00000235. The molecule has 1 fully saturated rings. The number of rotatable bonds is 10. The Bertz CT molecular complexity index is 1790. The number of carbonyl (C=O) groups excluding carboxylic acids is 4. The van der Waals surface area contributed by atoms with Crippen molar-refractivity contribution in [2.45, 2.75) is 52.3 Å². The Hall–Kier alpha value is -5.42. The second-order valence-electron chi connectivity index (χ2n) is 10.4. The van der Waals surface area contributed by atoms with Crippen LogP contribution in [0.25, 0.3) is 11.3 Å². The Labute approximate surface area is 267 Å². The largest absolute Gasteiger partial charge is 0.452 e. The molecule has 2 atom stereocenters. The molecule has 0 aliphatic carbocycles. The normalized spacial score (nSPS) is 14.3. The maximum atomic E-state index is 13.7. The third kappa shape index (κ3) is 7.99. The SMILES string of the molecule is CC.CNC(C)C(=O)Nc1ccc(-c2ccccc2)n(Cc2cncc(C(=O)c3cccc(NC(=O)C4CCC(=O)O4)c3)c2)c1=O. The summed E-state index contributed by atoms with van der Waals surface area (Å²) in [6.45, 7) is 5.77. The fraction of sp³-hybridized carbons (Fsp3) is 0.257. The summed E-state index contributed by atoms with van der Waals surface area (Å²) in [6.07, 6.45) is 2.65. The molecule has 11 nitrogen and oxygen atoms in total. The first-order valence-corrected chi connectivity index (χ1v) is 15.1.